The van der Waals surface area contributed by atoms with Gasteiger partial charge in [-0.2, -0.15) is 0 Å². The molecule has 8 heteroatoms. The molecule has 0 heterocycles. The molecule has 40 heavy (non-hydrogen) atoms. The second kappa shape index (κ2) is 19.9. The molecular weight excluding hydrogens is 506 g/mol. The van der Waals surface area contributed by atoms with E-state index in [1.165, 1.54) is 17.6 Å². The van der Waals surface area contributed by atoms with Crippen molar-refractivity contribution in [3.63, 3.8) is 0 Å². The Morgan fingerprint density at radius 1 is 1.10 bits per heavy atom. The molecule has 1 amide bonds. The molecule has 2 aliphatic rings. The standard InChI is InChI=1S/C32H55N3O5/c1-7-19-35(25-28-13-10-14-29(37-4)24-30(38-5)31(28)39-6)21-20-34(3)22-23-40-32(36)33-18-17-27-12-9-8-11-26(2)15-16-27/h8-10,12,14,26,29-30H,7,11,13,15-25H2,1-6H3,(H,33,36)/b9-8?,14-10-,27-12+,31-28-. The second-order valence-corrected chi connectivity index (χ2v) is 11.1. The number of hydrogen-bond acceptors (Lipinski definition) is 7. The van der Waals surface area contributed by atoms with Gasteiger partial charge in [0.1, 0.15) is 18.5 Å². The first-order valence-electron chi connectivity index (χ1n) is 15.0. The minimum absolute atomic E-state index is 0.0196. The number of carbonyl (C=O) groups excluding carboxylic acids is 1. The minimum atomic E-state index is -0.337. The van der Waals surface area contributed by atoms with Gasteiger partial charge >= 0.3 is 6.09 Å². The number of amides is 1. The van der Waals surface area contributed by atoms with Crippen LogP contribution in [0.5, 0.6) is 0 Å². The molecule has 0 saturated carbocycles. The molecule has 1 N–H and O–H groups in total. The van der Waals surface area contributed by atoms with E-state index in [1.807, 2.05) is 0 Å². The van der Waals surface area contributed by atoms with Gasteiger partial charge in [-0.1, -0.05) is 49.8 Å². The summed E-state index contributed by atoms with van der Waals surface area (Å²) < 4.78 is 22.7. The second-order valence-electron chi connectivity index (χ2n) is 11.1. The monoisotopic (exact) mass is 561 g/mol. The normalized spacial score (nSPS) is 25.9. The maximum Gasteiger partial charge on any atom is 0.407 e. The lowest BCUT2D eigenvalue weighted by molar-refractivity contribution is 0.0286. The van der Waals surface area contributed by atoms with Crippen molar-refractivity contribution in [2.75, 3.05) is 74.3 Å². The first-order valence-corrected chi connectivity index (χ1v) is 15.0. The van der Waals surface area contributed by atoms with E-state index in [0.717, 1.165) is 76.4 Å². The number of hydrogen-bond donors (Lipinski definition) is 1. The maximum absolute atomic E-state index is 12.2. The molecule has 8 nitrogen and oxygen atoms in total. The van der Waals surface area contributed by atoms with Gasteiger partial charge in [0.15, 0.2) is 0 Å². The highest BCUT2D eigenvalue weighted by Gasteiger charge is 2.25. The van der Waals surface area contributed by atoms with Gasteiger partial charge in [-0.25, -0.2) is 4.79 Å². The van der Waals surface area contributed by atoms with Gasteiger partial charge in [0, 0.05) is 53.4 Å². The third-order valence-electron chi connectivity index (χ3n) is 7.75. The van der Waals surface area contributed by atoms with E-state index < -0.39 is 0 Å². The molecule has 0 spiro atoms. The fraction of sp³-hybridized carbons (Fsp3) is 0.719. The maximum atomic E-state index is 12.2. The number of allylic oxidation sites excluding steroid dienone is 4. The predicted octanol–water partition coefficient (Wildman–Crippen LogP) is 5.33. The highest BCUT2D eigenvalue weighted by atomic mass is 16.5. The van der Waals surface area contributed by atoms with Crippen molar-refractivity contribution in [1.82, 2.24) is 15.1 Å². The van der Waals surface area contributed by atoms with Crippen molar-refractivity contribution < 1.29 is 23.7 Å². The van der Waals surface area contributed by atoms with Crippen molar-refractivity contribution in [2.24, 2.45) is 5.92 Å². The molecule has 0 radical (unpaired) electrons. The fourth-order valence-corrected chi connectivity index (χ4v) is 5.19. The summed E-state index contributed by atoms with van der Waals surface area (Å²) in [6.07, 6.45) is 17.4. The summed E-state index contributed by atoms with van der Waals surface area (Å²) >= 11 is 0. The molecule has 2 rings (SSSR count). The molecule has 2 aliphatic carbocycles. The van der Waals surface area contributed by atoms with Crippen LogP contribution < -0.4 is 5.32 Å². The van der Waals surface area contributed by atoms with Crippen LogP contribution in [0.4, 0.5) is 4.79 Å². The fourth-order valence-electron chi connectivity index (χ4n) is 5.19. The van der Waals surface area contributed by atoms with Crippen LogP contribution in [0, 0.1) is 5.92 Å². The van der Waals surface area contributed by atoms with Gasteiger partial charge in [-0.15, -0.1) is 0 Å². The Morgan fingerprint density at radius 3 is 2.65 bits per heavy atom. The quantitative estimate of drug-likeness (QED) is 0.255. The van der Waals surface area contributed by atoms with E-state index in [0.29, 0.717) is 19.7 Å². The smallest absolute Gasteiger partial charge is 0.407 e. The number of carbonyl (C=O) groups is 1. The van der Waals surface area contributed by atoms with Crippen LogP contribution in [0.25, 0.3) is 0 Å². The van der Waals surface area contributed by atoms with E-state index in [1.54, 1.807) is 21.3 Å². The van der Waals surface area contributed by atoms with E-state index >= 15 is 0 Å². The summed E-state index contributed by atoms with van der Waals surface area (Å²) in [5.41, 5.74) is 2.64. The Hall–Kier alpha value is -2.13. The van der Waals surface area contributed by atoms with Crippen LogP contribution in [-0.4, -0.2) is 102 Å². The first kappa shape index (κ1) is 34.1. The zero-order valence-electron chi connectivity index (χ0n) is 26.0. The molecule has 0 saturated heterocycles. The number of likely N-dealkylation sites (N-methyl/N-ethyl adjacent to an activating group) is 1. The first-order chi connectivity index (χ1) is 19.4. The summed E-state index contributed by atoms with van der Waals surface area (Å²) in [4.78, 5) is 16.9. The summed E-state index contributed by atoms with van der Waals surface area (Å²) in [6.45, 7) is 9.81. The van der Waals surface area contributed by atoms with Gasteiger partial charge in [-0.05, 0) is 63.6 Å². The lowest BCUT2D eigenvalue weighted by Crippen LogP contribution is -2.37. The number of methoxy groups -OCH3 is 3. The Balaban J connectivity index is 1.75. The number of ether oxygens (including phenoxy) is 4. The molecule has 0 bridgehead atoms. The van der Waals surface area contributed by atoms with E-state index in [9.17, 15) is 4.79 Å². The SMILES string of the molecule is CCCN(CCN(C)CCOC(=O)NCC/C1=C/C=CCC(C)CC1)C/C1=C(\OC)C(OC)CC(OC)/C=C\C1. The average molecular weight is 562 g/mol. The van der Waals surface area contributed by atoms with Crippen LogP contribution in [0.3, 0.4) is 0 Å². The zero-order chi connectivity index (χ0) is 29.2. The highest BCUT2D eigenvalue weighted by molar-refractivity contribution is 5.67. The molecule has 0 aromatic heterocycles. The molecule has 0 aromatic rings. The largest absolute Gasteiger partial charge is 0.498 e. The Morgan fingerprint density at radius 2 is 1.93 bits per heavy atom. The molecule has 0 fully saturated rings. The summed E-state index contributed by atoms with van der Waals surface area (Å²) in [5.74, 6) is 1.63. The van der Waals surface area contributed by atoms with E-state index in [-0.39, 0.29) is 18.3 Å². The van der Waals surface area contributed by atoms with Crippen LogP contribution >= 0.6 is 0 Å². The number of nitrogens with zero attached hydrogens (tertiary/aromatic N) is 2. The zero-order valence-corrected chi connectivity index (χ0v) is 26.0. The summed E-state index contributed by atoms with van der Waals surface area (Å²) in [6, 6.07) is 0. The summed E-state index contributed by atoms with van der Waals surface area (Å²) in [5, 5.41) is 2.90. The number of rotatable bonds is 16. The van der Waals surface area contributed by atoms with E-state index in [4.69, 9.17) is 18.9 Å². The molecular formula is C32H55N3O5. The highest BCUT2D eigenvalue weighted by Crippen LogP contribution is 2.25. The van der Waals surface area contributed by atoms with Gasteiger partial charge in [0.2, 0.25) is 0 Å². The lowest BCUT2D eigenvalue weighted by atomic mass is 9.94. The van der Waals surface area contributed by atoms with Gasteiger partial charge in [0.25, 0.3) is 0 Å². The molecule has 3 atom stereocenters. The predicted molar refractivity (Wildman–Crippen MR) is 162 cm³/mol. The Kier molecular flexibility index (Phi) is 16.9. The Bertz CT molecular complexity index is 853. The molecule has 0 aromatic carbocycles. The minimum Gasteiger partial charge on any atom is -0.498 e. The van der Waals surface area contributed by atoms with Crippen LogP contribution in [0.15, 0.2) is 47.3 Å². The third-order valence-corrected chi connectivity index (χ3v) is 7.75. The van der Waals surface area contributed by atoms with Crippen molar-refractivity contribution in [2.45, 2.75) is 71.0 Å². The van der Waals surface area contributed by atoms with Gasteiger partial charge in [-0.3, -0.25) is 4.90 Å². The third kappa shape index (κ3) is 13.0. The average Bonchev–Trinajstić information content (AvgIpc) is 2.92. The molecule has 0 aliphatic heterocycles. The number of alkyl carbamates (subject to hydrolysis) is 1. The molecule has 3 unspecified atom stereocenters. The van der Waals surface area contributed by atoms with Gasteiger partial charge < -0.3 is 29.2 Å². The van der Waals surface area contributed by atoms with Crippen molar-refractivity contribution in [3.8, 4) is 0 Å². The van der Waals surface area contributed by atoms with Crippen molar-refractivity contribution >= 4 is 6.09 Å². The van der Waals surface area contributed by atoms with E-state index in [2.05, 4.69) is 66.4 Å². The Labute approximate surface area is 243 Å². The number of nitrogens with one attached hydrogen (secondary N) is 1. The van der Waals surface area contributed by atoms with Crippen molar-refractivity contribution in [3.05, 3.63) is 47.3 Å². The van der Waals surface area contributed by atoms with Crippen LogP contribution in [-0.2, 0) is 18.9 Å². The lowest BCUT2D eigenvalue weighted by Gasteiger charge is -2.30. The molecule has 228 valence electrons. The van der Waals surface area contributed by atoms with Crippen LogP contribution in [0.2, 0.25) is 0 Å². The topological polar surface area (TPSA) is 72.5 Å². The van der Waals surface area contributed by atoms with Crippen molar-refractivity contribution in [1.29, 1.82) is 0 Å². The van der Waals surface area contributed by atoms with Gasteiger partial charge in [0.05, 0.1) is 13.2 Å². The van der Waals surface area contributed by atoms with Crippen LogP contribution in [0.1, 0.15) is 58.8 Å². The summed E-state index contributed by atoms with van der Waals surface area (Å²) in [7, 11) is 7.27.